The zero-order chi connectivity index (χ0) is 18.7. The summed E-state index contributed by atoms with van der Waals surface area (Å²) in [5.74, 6) is 1.85. The summed E-state index contributed by atoms with van der Waals surface area (Å²) in [7, 11) is -0.788. The van der Waals surface area contributed by atoms with E-state index >= 15 is 0 Å². The van der Waals surface area contributed by atoms with Gasteiger partial charge in [-0.1, -0.05) is 0 Å². The Labute approximate surface area is 153 Å². The van der Waals surface area contributed by atoms with Crippen molar-refractivity contribution >= 4 is 15.9 Å². The number of benzene rings is 1. The van der Waals surface area contributed by atoms with Gasteiger partial charge in [-0.25, -0.2) is 13.1 Å². The van der Waals surface area contributed by atoms with Crippen molar-refractivity contribution in [3.8, 4) is 11.5 Å². The molecule has 2 fully saturated rings. The maximum atomic E-state index is 12.4. The van der Waals surface area contributed by atoms with Crippen molar-refractivity contribution in [3.05, 3.63) is 18.2 Å². The second kappa shape index (κ2) is 7.81. The Kier molecular flexibility index (Phi) is 5.69. The number of amides is 1. The molecule has 3 rings (SSSR count). The summed E-state index contributed by atoms with van der Waals surface area (Å²) in [5.41, 5.74) is 0. The van der Waals surface area contributed by atoms with E-state index in [2.05, 4.69) is 10.0 Å². The first kappa shape index (κ1) is 18.9. The van der Waals surface area contributed by atoms with Gasteiger partial charge >= 0.3 is 0 Å². The number of carbonyl (C=O) groups excluding carboxylic acids is 1. The predicted octanol–water partition coefficient (Wildman–Crippen LogP) is 0.0500. The summed E-state index contributed by atoms with van der Waals surface area (Å²) in [6, 6.07) is 4.38. The maximum absolute atomic E-state index is 12.4. The lowest BCUT2D eigenvalue weighted by Gasteiger charge is -2.17. The van der Waals surface area contributed by atoms with E-state index in [1.807, 2.05) is 4.90 Å². The van der Waals surface area contributed by atoms with Crippen molar-refractivity contribution in [2.24, 2.45) is 11.8 Å². The van der Waals surface area contributed by atoms with Crippen molar-refractivity contribution in [2.75, 3.05) is 46.9 Å². The lowest BCUT2D eigenvalue weighted by Crippen LogP contribution is -2.35. The highest BCUT2D eigenvalue weighted by Crippen LogP contribution is 2.29. The zero-order valence-electron chi connectivity index (χ0n) is 15.0. The maximum Gasteiger partial charge on any atom is 0.240 e. The minimum atomic E-state index is -3.72. The molecule has 2 aliphatic heterocycles. The van der Waals surface area contributed by atoms with Crippen LogP contribution >= 0.6 is 0 Å². The van der Waals surface area contributed by atoms with Crippen molar-refractivity contribution in [3.63, 3.8) is 0 Å². The van der Waals surface area contributed by atoms with Crippen LogP contribution in [0.15, 0.2) is 23.1 Å². The standard InChI is InChI=1S/C17H25N3O5S/c1-24-15-4-3-14(7-16(15)25-2)26(22,23)19-6-5-17(21)20-10-12-8-18-9-13(12)11-20/h3-4,7,12-13,18-19H,5-6,8-11H2,1-2H3/t12-,13+. The molecule has 1 aromatic rings. The molecular formula is C17H25N3O5S. The van der Waals surface area contributed by atoms with Crippen LogP contribution in [-0.2, 0) is 14.8 Å². The Balaban J connectivity index is 1.54. The third-order valence-corrected chi connectivity index (χ3v) is 6.50. The van der Waals surface area contributed by atoms with Crippen molar-refractivity contribution in [1.29, 1.82) is 0 Å². The van der Waals surface area contributed by atoms with Gasteiger partial charge in [0.05, 0.1) is 19.1 Å². The number of fused-ring (bicyclic) bond motifs is 1. The number of sulfonamides is 1. The molecule has 0 unspecified atom stereocenters. The topological polar surface area (TPSA) is 97.0 Å². The molecule has 0 bridgehead atoms. The summed E-state index contributed by atoms with van der Waals surface area (Å²) < 4.78 is 37.6. The monoisotopic (exact) mass is 383 g/mol. The first-order valence-corrected chi connectivity index (χ1v) is 10.1. The SMILES string of the molecule is COc1ccc(S(=O)(=O)NCCC(=O)N2C[C@H]3CNC[C@H]3C2)cc1OC. The van der Waals surface area contributed by atoms with Crippen molar-refractivity contribution in [2.45, 2.75) is 11.3 Å². The fourth-order valence-electron chi connectivity index (χ4n) is 3.58. The molecule has 1 amide bonds. The van der Waals surface area contributed by atoms with E-state index in [1.54, 1.807) is 0 Å². The number of nitrogens with zero attached hydrogens (tertiary/aromatic N) is 1. The molecule has 144 valence electrons. The van der Waals surface area contributed by atoms with Crippen LogP contribution in [0.1, 0.15) is 6.42 Å². The van der Waals surface area contributed by atoms with Gasteiger partial charge in [-0.05, 0) is 24.0 Å². The van der Waals surface area contributed by atoms with E-state index in [9.17, 15) is 13.2 Å². The van der Waals surface area contributed by atoms with E-state index in [-0.39, 0.29) is 23.8 Å². The van der Waals surface area contributed by atoms with Crippen LogP contribution in [0.3, 0.4) is 0 Å². The normalized spacial score (nSPS) is 22.3. The Morgan fingerprint density at radius 1 is 1.19 bits per heavy atom. The first-order chi connectivity index (χ1) is 12.4. The highest BCUT2D eigenvalue weighted by Gasteiger charge is 2.37. The van der Waals surface area contributed by atoms with E-state index in [1.165, 1.54) is 32.4 Å². The van der Waals surface area contributed by atoms with Crippen molar-refractivity contribution in [1.82, 2.24) is 14.9 Å². The number of methoxy groups -OCH3 is 2. The van der Waals surface area contributed by atoms with Crippen molar-refractivity contribution < 1.29 is 22.7 Å². The van der Waals surface area contributed by atoms with Gasteiger partial charge in [0, 0.05) is 45.2 Å². The number of rotatable bonds is 7. The Bertz CT molecular complexity index is 756. The summed E-state index contributed by atoms with van der Waals surface area (Å²) >= 11 is 0. The number of nitrogens with one attached hydrogen (secondary N) is 2. The minimum Gasteiger partial charge on any atom is -0.493 e. The predicted molar refractivity (Wildman–Crippen MR) is 95.8 cm³/mol. The smallest absolute Gasteiger partial charge is 0.240 e. The third kappa shape index (κ3) is 3.94. The molecule has 2 aliphatic rings. The molecule has 8 nitrogen and oxygen atoms in total. The van der Waals surface area contributed by atoms with Gasteiger partial charge in [-0.3, -0.25) is 4.79 Å². The lowest BCUT2D eigenvalue weighted by atomic mass is 10.0. The second-order valence-electron chi connectivity index (χ2n) is 6.64. The highest BCUT2D eigenvalue weighted by atomic mass is 32.2. The van der Waals surface area contributed by atoms with Gasteiger partial charge < -0.3 is 19.7 Å². The first-order valence-electron chi connectivity index (χ1n) is 8.65. The minimum absolute atomic E-state index is 0.00517. The largest absolute Gasteiger partial charge is 0.493 e. The average Bonchev–Trinajstić information content (AvgIpc) is 3.22. The van der Waals surface area contributed by atoms with Gasteiger partial charge in [-0.15, -0.1) is 0 Å². The fraction of sp³-hybridized carbons (Fsp3) is 0.588. The molecule has 26 heavy (non-hydrogen) atoms. The van der Waals surface area contributed by atoms with E-state index in [0.717, 1.165) is 26.2 Å². The third-order valence-electron chi connectivity index (χ3n) is 5.04. The molecular weight excluding hydrogens is 358 g/mol. The van der Waals surface area contributed by atoms with Crippen LogP contribution in [0.25, 0.3) is 0 Å². The molecule has 0 aromatic heterocycles. The molecule has 9 heteroatoms. The molecule has 0 spiro atoms. The molecule has 2 saturated heterocycles. The highest BCUT2D eigenvalue weighted by molar-refractivity contribution is 7.89. The lowest BCUT2D eigenvalue weighted by molar-refractivity contribution is -0.130. The Morgan fingerprint density at radius 2 is 1.85 bits per heavy atom. The summed E-state index contributed by atoms with van der Waals surface area (Å²) in [4.78, 5) is 14.2. The summed E-state index contributed by atoms with van der Waals surface area (Å²) in [6.07, 6.45) is 0.152. The fourth-order valence-corrected chi connectivity index (χ4v) is 4.62. The van der Waals surface area contributed by atoms with Crippen LogP contribution in [0.5, 0.6) is 11.5 Å². The van der Waals surface area contributed by atoms with Gasteiger partial charge in [0.15, 0.2) is 11.5 Å². The number of ether oxygens (including phenoxy) is 2. The van der Waals surface area contributed by atoms with Crippen LogP contribution in [-0.4, -0.2) is 66.2 Å². The van der Waals surface area contributed by atoms with E-state index in [0.29, 0.717) is 23.3 Å². The summed E-state index contributed by atoms with van der Waals surface area (Å²) in [5, 5.41) is 3.33. The van der Waals surface area contributed by atoms with Crippen LogP contribution < -0.4 is 19.5 Å². The Morgan fingerprint density at radius 3 is 2.46 bits per heavy atom. The van der Waals surface area contributed by atoms with Crippen LogP contribution in [0.2, 0.25) is 0 Å². The zero-order valence-corrected chi connectivity index (χ0v) is 15.8. The van der Waals surface area contributed by atoms with Crippen LogP contribution in [0, 0.1) is 11.8 Å². The van der Waals surface area contributed by atoms with Gasteiger partial charge in [0.25, 0.3) is 0 Å². The average molecular weight is 383 g/mol. The molecule has 2 atom stereocenters. The number of hydrogen-bond donors (Lipinski definition) is 2. The Hall–Kier alpha value is -1.84. The van der Waals surface area contributed by atoms with Gasteiger partial charge in [-0.2, -0.15) is 0 Å². The van der Waals surface area contributed by atoms with Crippen LogP contribution in [0.4, 0.5) is 0 Å². The number of carbonyl (C=O) groups is 1. The molecule has 2 heterocycles. The molecule has 0 aliphatic carbocycles. The van der Waals surface area contributed by atoms with E-state index in [4.69, 9.17) is 9.47 Å². The van der Waals surface area contributed by atoms with Gasteiger partial charge in [0.2, 0.25) is 15.9 Å². The van der Waals surface area contributed by atoms with Gasteiger partial charge in [0.1, 0.15) is 0 Å². The molecule has 2 N–H and O–H groups in total. The number of hydrogen-bond acceptors (Lipinski definition) is 6. The molecule has 0 radical (unpaired) electrons. The molecule has 0 saturated carbocycles. The summed E-state index contributed by atoms with van der Waals surface area (Å²) in [6.45, 7) is 3.51. The van der Waals surface area contributed by atoms with E-state index < -0.39 is 10.0 Å². The quantitative estimate of drug-likeness (QED) is 0.691. The number of likely N-dealkylation sites (tertiary alicyclic amines) is 1. The second-order valence-corrected chi connectivity index (χ2v) is 8.41. The molecule has 1 aromatic carbocycles.